The van der Waals surface area contributed by atoms with E-state index in [4.69, 9.17) is 9.47 Å². The molecule has 1 heterocycles. The van der Waals surface area contributed by atoms with E-state index in [9.17, 15) is 35.4 Å². The number of carbonyl (C=O) groups excluding carboxylic acids is 1. The zero-order valence-corrected chi connectivity index (χ0v) is 32.2. The lowest BCUT2D eigenvalue weighted by Gasteiger charge is -2.40. The Morgan fingerprint density at radius 1 is 0.660 bits per heavy atom. The third-order valence-corrected chi connectivity index (χ3v) is 10.2. The van der Waals surface area contributed by atoms with Gasteiger partial charge in [0.1, 0.15) is 30.5 Å². The molecule has 50 heavy (non-hydrogen) atoms. The molecule has 298 valence electrons. The second-order valence-corrected chi connectivity index (χ2v) is 15.4. The summed E-state index contributed by atoms with van der Waals surface area (Å²) in [6.45, 7) is 5.85. The fraction of sp³-hybridized carbons (Fsp3) is 0.975. The first-order chi connectivity index (χ1) is 24.1. The number of unbranched alkanes of at least 4 members (excludes halogenated alkanes) is 20. The molecule has 7 N–H and O–H groups in total. The highest BCUT2D eigenvalue weighted by Gasteiger charge is 2.44. The molecular formula is C40H79NO9. The van der Waals surface area contributed by atoms with Crippen molar-refractivity contribution in [3.63, 3.8) is 0 Å². The van der Waals surface area contributed by atoms with E-state index < -0.39 is 55.6 Å². The SMILES string of the molecule is CCCCCCCCCCCCCCCCCC(=O)NC(COC1OC(CO)C(O)C(O)C1O)C(O)C(O)CCCCCCCCCC(C)C. The van der Waals surface area contributed by atoms with E-state index in [2.05, 4.69) is 26.1 Å². The number of hydrogen-bond donors (Lipinski definition) is 7. The molecule has 1 fully saturated rings. The Hall–Kier alpha value is -0.850. The van der Waals surface area contributed by atoms with Gasteiger partial charge in [-0.3, -0.25) is 4.79 Å². The third kappa shape index (κ3) is 22.3. The summed E-state index contributed by atoms with van der Waals surface area (Å²) in [7, 11) is 0. The van der Waals surface area contributed by atoms with E-state index in [1.165, 1.54) is 96.3 Å². The molecule has 0 aromatic heterocycles. The molecule has 0 aromatic carbocycles. The van der Waals surface area contributed by atoms with Crippen LogP contribution in [-0.2, 0) is 14.3 Å². The van der Waals surface area contributed by atoms with E-state index in [1.54, 1.807) is 0 Å². The summed E-state index contributed by atoms with van der Waals surface area (Å²) in [6.07, 6.45) is 18.4. The van der Waals surface area contributed by atoms with Gasteiger partial charge < -0.3 is 45.4 Å². The molecule has 10 heteroatoms. The first-order valence-corrected chi connectivity index (χ1v) is 20.7. The van der Waals surface area contributed by atoms with E-state index in [0.29, 0.717) is 6.42 Å². The van der Waals surface area contributed by atoms with Gasteiger partial charge >= 0.3 is 0 Å². The second-order valence-electron chi connectivity index (χ2n) is 15.4. The maximum atomic E-state index is 12.9. The van der Waals surface area contributed by atoms with Crippen LogP contribution in [0.1, 0.15) is 181 Å². The van der Waals surface area contributed by atoms with Gasteiger partial charge in [0.15, 0.2) is 6.29 Å². The van der Waals surface area contributed by atoms with Crippen LogP contribution in [0.15, 0.2) is 0 Å². The van der Waals surface area contributed by atoms with Gasteiger partial charge in [-0.2, -0.15) is 0 Å². The topological polar surface area (TPSA) is 169 Å². The lowest BCUT2D eigenvalue weighted by atomic mass is 9.98. The maximum Gasteiger partial charge on any atom is 0.220 e. The van der Waals surface area contributed by atoms with E-state index >= 15 is 0 Å². The van der Waals surface area contributed by atoms with Gasteiger partial charge in [0.25, 0.3) is 0 Å². The fourth-order valence-corrected chi connectivity index (χ4v) is 6.79. The standard InChI is InChI=1S/C40H79NO9/c1-4-5-6-7-8-9-10-11-12-13-14-15-19-22-25-28-35(44)41-32(30-49-40-39(48)38(47)37(46)34(29-42)50-40)36(45)33(43)27-24-21-18-16-17-20-23-26-31(2)3/h31-34,36-40,42-43,45-48H,4-30H2,1-3H3,(H,41,44). The second kappa shape index (κ2) is 30.6. The molecule has 0 aromatic rings. The first-order valence-electron chi connectivity index (χ1n) is 20.7. The van der Waals surface area contributed by atoms with Gasteiger partial charge in [0.2, 0.25) is 5.91 Å². The van der Waals surface area contributed by atoms with Gasteiger partial charge in [-0.1, -0.05) is 162 Å². The summed E-state index contributed by atoms with van der Waals surface area (Å²) in [5.74, 6) is 0.485. The Balaban J connectivity index is 2.44. The zero-order chi connectivity index (χ0) is 37.0. The summed E-state index contributed by atoms with van der Waals surface area (Å²) in [5.41, 5.74) is 0. The van der Waals surface area contributed by atoms with Crippen molar-refractivity contribution in [2.45, 2.75) is 230 Å². The predicted octanol–water partition coefficient (Wildman–Crippen LogP) is 6.44. The molecule has 1 amide bonds. The van der Waals surface area contributed by atoms with Crippen molar-refractivity contribution in [3.8, 4) is 0 Å². The van der Waals surface area contributed by atoms with Crippen molar-refractivity contribution in [2.75, 3.05) is 13.2 Å². The number of nitrogens with one attached hydrogen (secondary N) is 1. The average molecular weight is 718 g/mol. The minimum Gasteiger partial charge on any atom is -0.394 e. The summed E-state index contributed by atoms with van der Waals surface area (Å²) in [4.78, 5) is 12.9. The van der Waals surface area contributed by atoms with Crippen LogP contribution in [0.5, 0.6) is 0 Å². The van der Waals surface area contributed by atoms with Gasteiger partial charge in [-0.05, 0) is 18.8 Å². The van der Waals surface area contributed by atoms with Crippen molar-refractivity contribution in [1.29, 1.82) is 0 Å². The van der Waals surface area contributed by atoms with E-state index in [0.717, 1.165) is 57.3 Å². The van der Waals surface area contributed by atoms with Gasteiger partial charge in [-0.15, -0.1) is 0 Å². The Morgan fingerprint density at radius 3 is 1.60 bits per heavy atom. The first kappa shape index (κ1) is 47.2. The molecule has 1 rings (SSSR count). The highest BCUT2D eigenvalue weighted by Crippen LogP contribution is 2.23. The number of amides is 1. The lowest BCUT2D eigenvalue weighted by Crippen LogP contribution is -2.60. The molecule has 1 aliphatic rings. The quantitative estimate of drug-likeness (QED) is 0.0378. The average Bonchev–Trinajstić information content (AvgIpc) is 3.10. The normalized spacial score (nSPS) is 22.9. The molecule has 1 saturated heterocycles. The van der Waals surface area contributed by atoms with Gasteiger partial charge in [0.05, 0.1) is 25.4 Å². The molecule has 10 nitrogen and oxygen atoms in total. The highest BCUT2D eigenvalue weighted by molar-refractivity contribution is 5.76. The smallest absolute Gasteiger partial charge is 0.220 e. The minimum absolute atomic E-state index is 0.259. The van der Waals surface area contributed by atoms with Crippen LogP contribution < -0.4 is 5.32 Å². The summed E-state index contributed by atoms with van der Waals surface area (Å²) in [6, 6.07) is -0.984. The van der Waals surface area contributed by atoms with E-state index in [1.807, 2.05) is 0 Å². The van der Waals surface area contributed by atoms with Crippen LogP contribution in [0.3, 0.4) is 0 Å². The third-order valence-electron chi connectivity index (χ3n) is 10.2. The Bertz CT molecular complexity index is 786. The van der Waals surface area contributed by atoms with E-state index in [-0.39, 0.29) is 18.9 Å². The van der Waals surface area contributed by atoms with Crippen LogP contribution >= 0.6 is 0 Å². The largest absolute Gasteiger partial charge is 0.394 e. The van der Waals surface area contributed by atoms with Crippen LogP contribution in [0, 0.1) is 5.92 Å². The maximum absolute atomic E-state index is 12.9. The monoisotopic (exact) mass is 718 g/mol. The Labute approximate surface area is 305 Å². The highest BCUT2D eigenvalue weighted by atomic mass is 16.7. The molecule has 0 radical (unpaired) electrons. The minimum atomic E-state index is -1.60. The molecule has 1 aliphatic heterocycles. The predicted molar refractivity (Wildman–Crippen MR) is 200 cm³/mol. The fourth-order valence-electron chi connectivity index (χ4n) is 6.79. The molecule has 0 aliphatic carbocycles. The molecule has 0 bridgehead atoms. The van der Waals surface area contributed by atoms with Crippen LogP contribution in [0.25, 0.3) is 0 Å². The number of hydrogen-bond acceptors (Lipinski definition) is 9. The molecule has 8 atom stereocenters. The molecular weight excluding hydrogens is 638 g/mol. The summed E-state index contributed by atoms with van der Waals surface area (Å²) < 4.78 is 11.1. The van der Waals surface area contributed by atoms with Crippen LogP contribution in [0.2, 0.25) is 0 Å². The van der Waals surface area contributed by atoms with Crippen molar-refractivity contribution in [3.05, 3.63) is 0 Å². The van der Waals surface area contributed by atoms with Crippen molar-refractivity contribution < 1.29 is 44.9 Å². The van der Waals surface area contributed by atoms with Crippen molar-refractivity contribution in [1.82, 2.24) is 5.32 Å². The number of aliphatic hydroxyl groups is 6. The Kier molecular flexibility index (Phi) is 28.9. The zero-order valence-electron chi connectivity index (χ0n) is 32.2. The lowest BCUT2D eigenvalue weighted by molar-refractivity contribution is -0.303. The van der Waals surface area contributed by atoms with Crippen molar-refractivity contribution >= 4 is 5.91 Å². The van der Waals surface area contributed by atoms with Gasteiger partial charge in [-0.25, -0.2) is 0 Å². The molecule has 0 saturated carbocycles. The Morgan fingerprint density at radius 2 is 1.12 bits per heavy atom. The van der Waals surface area contributed by atoms with Crippen molar-refractivity contribution in [2.24, 2.45) is 5.92 Å². The number of aliphatic hydroxyl groups excluding tert-OH is 6. The van der Waals surface area contributed by atoms with Crippen LogP contribution in [0.4, 0.5) is 0 Å². The number of rotatable bonds is 33. The number of ether oxygens (including phenoxy) is 2. The molecule has 8 unspecified atom stereocenters. The van der Waals surface area contributed by atoms with Crippen LogP contribution in [-0.4, -0.2) is 98.7 Å². The summed E-state index contributed by atoms with van der Waals surface area (Å²) in [5, 5.41) is 64.8. The summed E-state index contributed by atoms with van der Waals surface area (Å²) >= 11 is 0. The number of carbonyl (C=O) groups is 1. The van der Waals surface area contributed by atoms with Gasteiger partial charge in [0, 0.05) is 6.42 Å². The molecule has 0 spiro atoms.